The predicted octanol–water partition coefficient (Wildman–Crippen LogP) is 3.97. The number of anilines is 2. The fourth-order valence-corrected chi connectivity index (χ4v) is 2.30. The Morgan fingerprint density at radius 2 is 1.85 bits per heavy atom. The first-order valence-corrected chi connectivity index (χ1v) is 6.53. The fraction of sp³-hybridized carbons (Fsp3) is 0.235. The van der Waals surface area contributed by atoms with E-state index in [4.69, 9.17) is 4.74 Å². The Kier molecular flexibility index (Phi) is 4.08. The Labute approximate surface area is 119 Å². The number of carbonyl (C=O) groups is 1. The van der Waals surface area contributed by atoms with E-state index in [0.29, 0.717) is 11.3 Å². The van der Waals surface area contributed by atoms with E-state index in [1.807, 2.05) is 42.3 Å². The van der Waals surface area contributed by atoms with Crippen LogP contribution in [0.4, 0.5) is 11.4 Å². The molecule has 0 unspecified atom stereocenters. The van der Waals surface area contributed by atoms with E-state index in [1.165, 1.54) is 5.56 Å². The molecular formula is C17H19NO2. The van der Waals surface area contributed by atoms with Crippen molar-refractivity contribution in [3.05, 3.63) is 53.6 Å². The Morgan fingerprint density at radius 3 is 2.45 bits per heavy atom. The van der Waals surface area contributed by atoms with Crippen LogP contribution in [0.5, 0.6) is 5.75 Å². The van der Waals surface area contributed by atoms with Gasteiger partial charge in [0.25, 0.3) is 0 Å². The van der Waals surface area contributed by atoms with Gasteiger partial charge in [-0.3, -0.25) is 4.79 Å². The van der Waals surface area contributed by atoms with Crippen molar-refractivity contribution in [2.45, 2.75) is 13.8 Å². The predicted molar refractivity (Wildman–Crippen MR) is 82.2 cm³/mol. The third-order valence-corrected chi connectivity index (χ3v) is 3.33. The molecule has 0 aromatic heterocycles. The molecule has 0 saturated heterocycles. The molecule has 0 aliphatic rings. The first-order valence-electron chi connectivity index (χ1n) is 6.53. The standard InChI is InChI=1S/C17H19NO2/c1-12-7-5-8-14(11-12)18(3)15-9-6-10-16(20-4)17(15)13(2)19/h5-11H,1-4H3. The second-order valence-corrected chi connectivity index (χ2v) is 4.81. The van der Waals surface area contributed by atoms with Crippen molar-refractivity contribution in [2.75, 3.05) is 19.1 Å². The summed E-state index contributed by atoms with van der Waals surface area (Å²) in [6, 6.07) is 13.8. The summed E-state index contributed by atoms with van der Waals surface area (Å²) in [5.41, 5.74) is 3.68. The highest BCUT2D eigenvalue weighted by molar-refractivity contribution is 6.03. The fourth-order valence-electron chi connectivity index (χ4n) is 2.30. The van der Waals surface area contributed by atoms with Crippen molar-refractivity contribution >= 4 is 17.2 Å². The highest BCUT2D eigenvalue weighted by atomic mass is 16.5. The minimum Gasteiger partial charge on any atom is -0.496 e. The van der Waals surface area contributed by atoms with Gasteiger partial charge in [-0.1, -0.05) is 18.2 Å². The molecule has 0 spiro atoms. The van der Waals surface area contributed by atoms with Crippen LogP contribution in [0.15, 0.2) is 42.5 Å². The number of hydrogen-bond donors (Lipinski definition) is 0. The van der Waals surface area contributed by atoms with E-state index in [9.17, 15) is 4.79 Å². The molecule has 0 bridgehead atoms. The summed E-state index contributed by atoms with van der Waals surface area (Å²) in [7, 11) is 3.54. The highest BCUT2D eigenvalue weighted by Crippen LogP contribution is 2.33. The molecule has 0 heterocycles. The first kappa shape index (κ1) is 14.1. The van der Waals surface area contributed by atoms with Crippen LogP contribution in [0.1, 0.15) is 22.8 Å². The van der Waals surface area contributed by atoms with Crippen LogP contribution < -0.4 is 9.64 Å². The van der Waals surface area contributed by atoms with Crippen LogP contribution in [0.3, 0.4) is 0 Å². The van der Waals surface area contributed by atoms with Gasteiger partial charge in [-0.25, -0.2) is 0 Å². The Bertz CT molecular complexity index is 635. The van der Waals surface area contributed by atoms with Crippen molar-refractivity contribution in [1.29, 1.82) is 0 Å². The van der Waals surface area contributed by atoms with Gasteiger partial charge in [0.05, 0.1) is 18.4 Å². The molecule has 0 saturated carbocycles. The number of ketones is 1. The molecule has 2 rings (SSSR count). The number of rotatable bonds is 4. The molecule has 2 aromatic rings. The number of nitrogens with zero attached hydrogens (tertiary/aromatic N) is 1. The zero-order chi connectivity index (χ0) is 14.7. The minimum atomic E-state index is -0.00282. The molecule has 2 aromatic carbocycles. The average Bonchev–Trinajstić information content (AvgIpc) is 2.45. The minimum absolute atomic E-state index is 0.00282. The summed E-state index contributed by atoms with van der Waals surface area (Å²) in [6.45, 7) is 3.61. The molecule has 3 nitrogen and oxygen atoms in total. The first-order chi connectivity index (χ1) is 9.54. The lowest BCUT2D eigenvalue weighted by Crippen LogP contribution is -2.14. The molecule has 0 atom stereocenters. The Morgan fingerprint density at radius 1 is 1.15 bits per heavy atom. The Balaban J connectivity index is 2.54. The quantitative estimate of drug-likeness (QED) is 0.786. The van der Waals surface area contributed by atoms with Gasteiger partial charge in [0.2, 0.25) is 0 Å². The van der Waals surface area contributed by atoms with Gasteiger partial charge >= 0.3 is 0 Å². The summed E-state index contributed by atoms with van der Waals surface area (Å²) in [6.07, 6.45) is 0. The zero-order valence-corrected chi connectivity index (χ0v) is 12.3. The molecule has 104 valence electrons. The molecular weight excluding hydrogens is 250 g/mol. The number of benzene rings is 2. The molecule has 0 N–H and O–H groups in total. The van der Waals surface area contributed by atoms with Crippen LogP contribution in [-0.2, 0) is 0 Å². The molecule has 0 aliphatic heterocycles. The van der Waals surface area contributed by atoms with Crippen LogP contribution in [0, 0.1) is 6.92 Å². The summed E-state index contributed by atoms with van der Waals surface area (Å²) in [5, 5.41) is 0. The molecule has 0 aliphatic carbocycles. The average molecular weight is 269 g/mol. The lowest BCUT2D eigenvalue weighted by Gasteiger charge is -2.23. The topological polar surface area (TPSA) is 29.5 Å². The summed E-state index contributed by atoms with van der Waals surface area (Å²) in [5.74, 6) is 0.603. The number of carbonyl (C=O) groups excluding carboxylic acids is 1. The van der Waals surface area contributed by atoms with Gasteiger partial charge in [-0.05, 0) is 43.7 Å². The summed E-state index contributed by atoms with van der Waals surface area (Å²) < 4.78 is 5.31. The molecule has 3 heteroatoms. The largest absolute Gasteiger partial charge is 0.496 e. The second-order valence-electron chi connectivity index (χ2n) is 4.81. The van der Waals surface area contributed by atoms with Gasteiger partial charge in [-0.15, -0.1) is 0 Å². The highest BCUT2D eigenvalue weighted by Gasteiger charge is 2.17. The van der Waals surface area contributed by atoms with E-state index in [1.54, 1.807) is 14.0 Å². The lowest BCUT2D eigenvalue weighted by atomic mass is 10.1. The van der Waals surface area contributed by atoms with Gasteiger partial charge in [0.1, 0.15) is 5.75 Å². The normalized spacial score (nSPS) is 10.2. The molecule has 0 radical (unpaired) electrons. The maximum absolute atomic E-state index is 11.9. The van der Waals surface area contributed by atoms with E-state index in [2.05, 4.69) is 19.1 Å². The smallest absolute Gasteiger partial charge is 0.165 e. The van der Waals surface area contributed by atoms with E-state index < -0.39 is 0 Å². The van der Waals surface area contributed by atoms with Crippen LogP contribution >= 0.6 is 0 Å². The SMILES string of the molecule is COc1cccc(N(C)c2cccc(C)c2)c1C(C)=O. The molecule has 0 amide bonds. The molecule has 20 heavy (non-hydrogen) atoms. The number of methoxy groups -OCH3 is 1. The maximum atomic E-state index is 11.9. The van der Waals surface area contributed by atoms with Gasteiger partial charge in [0.15, 0.2) is 5.78 Å². The number of ether oxygens (including phenoxy) is 1. The van der Waals surface area contributed by atoms with Gasteiger partial charge in [-0.2, -0.15) is 0 Å². The third kappa shape index (κ3) is 2.67. The van der Waals surface area contributed by atoms with Gasteiger partial charge in [0, 0.05) is 12.7 Å². The zero-order valence-electron chi connectivity index (χ0n) is 12.3. The van der Waals surface area contributed by atoms with E-state index >= 15 is 0 Å². The van der Waals surface area contributed by atoms with Crippen LogP contribution in [0.2, 0.25) is 0 Å². The van der Waals surface area contributed by atoms with Crippen molar-refractivity contribution in [2.24, 2.45) is 0 Å². The number of Topliss-reactive ketones (excluding diaryl/α,β-unsaturated/α-hetero) is 1. The van der Waals surface area contributed by atoms with Crippen molar-refractivity contribution in [3.63, 3.8) is 0 Å². The van der Waals surface area contributed by atoms with E-state index in [0.717, 1.165) is 11.4 Å². The number of aryl methyl sites for hydroxylation is 1. The van der Waals surface area contributed by atoms with Crippen molar-refractivity contribution < 1.29 is 9.53 Å². The number of hydrogen-bond acceptors (Lipinski definition) is 3. The van der Waals surface area contributed by atoms with Crippen LogP contribution in [0.25, 0.3) is 0 Å². The van der Waals surface area contributed by atoms with E-state index in [-0.39, 0.29) is 5.78 Å². The Hall–Kier alpha value is -2.29. The third-order valence-electron chi connectivity index (χ3n) is 3.33. The van der Waals surface area contributed by atoms with Gasteiger partial charge < -0.3 is 9.64 Å². The second kappa shape index (κ2) is 5.78. The monoisotopic (exact) mass is 269 g/mol. The summed E-state index contributed by atoms with van der Waals surface area (Å²) >= 11 is 0. The van der Waals surface area contributed by atoms with Crippen molar-refractivity contribution in [3.8, 4) is 5.75 Å². The maximum Gasteiger partial charge on any atom is 0.165 e. The van der Waals surface area contributed by atoms with Crippen molar-refractivity contribution in [1.82, 2.24) is 0 Å². The summed E-state index contributed by atoms with van der Waals surface area (Å²) in [4.78, 5) is 13.9. The molecule has 0 fully saturated rings. The lowest BCUT2D eigenvalue weighted by molar-refractivity contribution is 0.101. The van der Waals surface area contributed by atoms with Crippen LogP contribution in [-0.4, -0.2) is 19.9 Å².